The standard InChI is InChI=1S/C21H21F2N5O2/c1-12-3-4-14(7-13(12)2)17-9-19-21(30)27(24-11-28(19)26-17)10-20(29)25-18-8-15(22)5-6-16(18)23/h3-8,11,17,19,26H,9-10H2,1-2H3,(H,25,29). The molecule has 2 N–H and O–H groups in total. The molecule has 2 unspecified atom stereocenters. The first-order valence-electron chi connectivity index (χ1n) is 9.54. The van der Waals surface area contributed by atoms with Crippen LogP contribution in [0.3, 0.4) is 0 Å². The van der Waals surface area contributed by atoms with Crippen LogP contribution in [0.4, 0.5) is 14.5 Å². The Morgan fingerprint density at radius 2 is 2.00 bits per heavy atom. The van der Waals surface area contributed by atoms with Gasteiger partial charge in [-0.15, -0.1) is 0 Å². The lowest BCUT2D eigenvalue weighted by Crippen LogP contribution is -2.52. The maximum Gasteiger partial charge on any atom is 0.267 e. The molecule has 156 valence electrons. The van der Waals surface area contributed by atoms with E-state index in [1.54, 1.807) is 5.01 Å². The number of carbonyl (C=O) groups is 2. The minimum Gasteiger partial charge on any atom is -0.322 e. The van der Waals surface area contributed by atoms with Crippen LogP contribution in [0.2, 0.25) is 0 Å². The first-order valence-corrected chi connectivity index (χ1v) is 9.54. The lowest BCUT2D eigenvalue weighted by Gasteiger charge is -2.29. The molecule has 0 saturated carbocycles. The molecule has 30 heavy (non-hydrogen) atoms. The number of carbonyl (C=O) groups excluding carboxylic acids is 2. The molecule has 4 rings (SSSR count). The second-order valence-corrected chi connectivity index (χ2v) is 7.48. The van der Waals surface area contributed by atoms with E-state index in [9.17, 15) is 18.4 Å². The van der Waals surface area contributed by atoms with E-state index in [1.807, 2.05) is 26.0 Å². The topological polar surface area (TPSA) is 77.0 Å². The van der Waals surface area contributed by atoms with Gasteiger partial charge in [0.1, 0.15) is 30.6 Å². The van der Waals surface area contributed by atoms with E-state index < -0.39 is 30.1 Å². The lowest BCUT2D eigenvalue weighted by atomic mass is 9.98. The van der Waals surface area contributed by atoms with Crippen molar-refractivity contribution in [3.8, 4) is 0 Å². The Bertz CT molecular complexity index is 1040. The van der Waals surface area contributed by atoms with E-state index in [1.165, 1.54) is 17.5 Å². The fourth-order valence-corrected chi connectivity index (χ4v) is 3.57. The maximum atomic E-state index is 13.7. The fraction of sp³-hybridized carbons (Fsp3) is 0.286. The Morgan fingerprint density at radius 3 is 2.77 bits per heavy atom. The Balaban J connectivity index is 1.42. The molecule has 0 spiro atoms. The zero-order chi connectivity index (χ0) is 21.4. The number of halogens is 2. The summed E-state index contributed by atoms with van der Waals surface area (Å²) in [5, 5.41) is 8.98. The van der Waals surface area contributed by atoms with Crippen molar-refractivity contribution in [2.75, 3.05) is 11.9 Å². The summed E-state index contributed by atoms with van der Waals surface area (Å²) in [5.74, 6) is -2.45. The number of hydrazone groups is 1. The zero-order valence-corrected chi connectivity index (χ0v) is 16.5. The van der Waals surface area contributed by atoms with E-state index in [-0.39, 0.29) is 17.6 Å². The van der Waals surface area contributed by atoms with Crippen LogP contribution in [-0.4, -0.2) is 40.8 Å². The number of amides is 2. The van der Waals surface area contributed by atoms with Gasteiger partial charge in [-0.25, -0.2) is 19.2 Å². The number of benzene rings is 2. The van der Waals surface area contributed by atoms with Gasteiger partial charge in [0.2, 0.25) is 5.91 Å². The summed E-state index contributed by atoms with van der Waals surface area (Å²) < 4.78 is 27.0. The van der Waals surface area contributed by atoms with Gasteiger partial charge in [0.05, 0.1) is 11.7 Å². The average Bonchev–Trinajstić information content (AvgIpc) is 3.14. The first kappa shape index (κ1) is 20.0. The number of anilines is 1. The number of nitrogens with one attached hydrogen (secondary N) is 2. The molecule has 2 aromatic rings. The Labute approximate surface area is 172 Å². The molecule has 2 heterocycles. The highest BCUT2D eigenvalue weighted by Gasteiger charge is 2.41. The van der Waals surface area contributed by atoms with Crippen LogP contribution in [0.15, 0.2) is 41.5 Å². The summed E-state index contributed by atoms with van der Waals surface area (Å²) in [6.07, 6.45) is 1.98. The second kappa shape index (κ2) is 7.83. The molecule has 1 saturated heterocycles. The Morgan fingerprint density at radius 1 is 1.20 bits per heavy atom. The van der Waals surface area contributed by atoms with E-state index in [0.29, 0.717) is 6.42 Å². The number of aryl methyl sites for hydroxylation is 2. The molecule has 0 bridgehead atoms. The van der Waals surface area contributed by atoms with Crippen molar-refractivity contribution in [2.45, 2.75) is 32.4 Å². The van der Waals surface area contributed by atoms with Crippen molar-refractivity contribution in [3.05, 3.63) is 64.7 Å². The molecule has 0 aromatic heterocycles. The predicted octanol–water partition coefficient (Wildman–Crippen LogP) is 2.63. The van der Waals surface area contributed by atoms with Crippen LogP contribution in [0.1, 0.15) is 29.2 Å². The maximum absolute atomic E-state index is 13.7. The molecule has 2 atom stereocenters. The summed E-state index contributed by atoms with van der Waals surface area (Å²) in [6, 6.07) is 8.35. The predicted molar refractivity (Wildman–Crippen MR) is 107 cm³/mol. The SMILES string of the molecule is Cc1ccc(C2CC3C(=O)N(CC(=O)Nc4cc(F)ccc4F)N=CN3N2)cc1C. The van der Waals surface area contributed by atoms with Gasteiger partial charge in [0.25, 0.3) is 5.91 Å². The minimum atomic E-state index is -0.763. The summed E-state index contributed by atoms with van der Waals surface area (Å²) in [5.41, 5.74) is 6.40. The lowest BCUT2D eigenvalue weighted by molar-refractivity contribution is -0.139. The highest BCUT2D eigenvalue weighted by atomic mass is 19.1. The monoisotopic (exact) mass is 413 g/mol. The van der Waals surface area contributed by atoms with Gasteiger partial charge in [-0.3, -0.25) is 14.6 Å². The number of nitrogens with zero attached hydrogens (tertiary/aromatic N) is 3. The normalized spacial score (nSPS) is 20.5. The van der Waals surface area contributed by atoms with Crippen LogP contribution < -0.4 is 10.7 Å². The molecule has 2 aromatic carbocycles. The van der Waals surface area contributed by atoms with Crippen molar-refractivity contribution in [3.63, 3.8) is 0 Å². The summed E-state index contributed by atoms with van der Waals surface area (Å²) in [7, 11) is 0. The van der Waals surface area contributed by atoms with E-state index in [4.69, 9.17) is 0 Å². The van der Waals surface area contributed by atoms with E-state index >= 15 is 0 Å². The highest BCUT2D eigenvalue weighted by molar-refractivity contribution is 5.96. The van der Waals surface area contributed by atoms with Gasteiger partial charge < -0.3 is 5.32 Å². The van der Waals surface area contributed by atoms with Crippen LogP contribution in [0.25, 0.3) is 0 Å². The second-order valence-electron chi connectivity index (χ2n) is 7.48. The van der Waals surface area contributed by atoms with E-state index in [2.05, 4.69) is 21.9 Å². The summed E-state index contributed by atoms with van der Waals surface area (Å²) in [6.45, 7) is 3.68. The molecule has 0 aliphatic carbocycles. The van der Waals surface area contributed by atoms with Crippen molar-refractivity contribution in [2.24, 2.45) is 5.10 Å². The van der Waals surface area contributed by atoms with Gasteiger partial charge in [-0.2, -0.15) is 5.10 Å². The molecular formula is C21H21F2N5O2. The number of rotatable bonds is 4. The third-order valence-electron chi connectivity index (χ3n) is 5.38. The highest BCUT2D eigenvalue weighted by Crippen LogP contribution is 2.30. The average molecular weight is 413 g/mol. The van der Waals surface area contributed by atoms with Gasteiger partial charge >= 0.3 is 0 Å². The van der Waals surface area contributed by atoms with Crippen molar-refractivity contribution in [1.82, 2.24) is 15.4 Å². The molecule has 2 amide bonds. The molecular weight excluding hydrogens is 392 g/mol. The Kier molecular flexibility index (Phi) is 5.21. The minimum absolute atomic E-state index is 0.0557. The van der Waals surface area contributed by atoms with Crippen LogP contribution in [0, 0.1) is 25.5 Å². The van der Waals surface area contributed by atoms with Crippen LogP contribution in [-0.2, 0) is 9.59 Å². The Hall–Kier alpha value is -3.33. The van der Waals surface area contributed by atoms with Gasteiger partial charge in [0.15, 0.2) is 0 Å². The zero-order valence-electron chi connectivity index (χ0n) is 16.5. The number of hydrogen-bond donors (Lipinski definition) is 2. The third kappa shape index (κ3) is 3.88. The van der Waals surface area contributed by atoms with E-state index in [0.717, 1.165) is 28.8 Å². The van der Waals surface area contributed by atoms with Gasteiger partial charge in [0, 0.05) is 6.07 Å². The molecule has 7 nitrogen and oxygen atoms in total. The number of hydrazine groups is 1. The van der Waals surface area contributed by atoms with Gasteiger partial charge in [-0.05, 0) is 49.1 Å². The van der Waals surface area contributed by atoms with Crippen molar-refractivity contribution < 1.29 is 18.4 Å². The van der Waals surface area contributed by atoms with Crippen LogP contribution in [0.5, 0.6) is 0 Å². The van der Waals surface area contributed by atoms with Gasteiger partial charge in [-0.1, -0.05) is 18.2 Å². The first-order chi connectivity index (χ1) is 14.3. The molecule has 9 heteroatoms. The number of fused-ring (bicyclic) bond motifs is 1. The third-order valence-corrected chi connectivity index (χ3v) is 5.38. The summed E-state index contributed by atoms with van der Waals surface area (Å²) >= 11 is 0. The number of hydrogen-bond acceptors (Lipinski definition) is 5. The summed E-state index contributed by atoms with van der Waals surface area (Å²) in [4.78, 5) is 25.1. The molecule has 0 radical (unpaired) electrons. The fourth-order valence-electron chi connectivity index (χ4n) is 3.57. The molecule has 2 aliphatic heterocycles. The van der Waals surface area contributed by atoms with Crippen molar-refractivity contribution >= 4 is 23.8 Å². The smallest absolute Gasteiger partial charge is 0.267 e. The molecule has 1 fully saturated rings. The quantitative estimate of drug-likeness (QED) is 0.808. The molecule has 2 aliphatic rings. The largest absolute Gasteiger partial charge is 0.322 e. The van der Waals surface area contributed by atoms with Crippen molar-refractivity contribution in [1.29, 1.82) is 0 Å². The van der Waals surface area contributed by atoms with Crippen LogP contribution >= 0.6 is 0 Å².